The molecule has 1 saturated heterocycles. The molecule has 31 heavy (non-hydrogen) atoms. The van der Waals surface area contributed by atoms with Gasteiger partial charge in [-0.15, -0.1) is 13.2 Å². The maximum absolute atomic E-state index is 12.2. The van der Waals surface area contributed by atoms with Crippen molar-refractivity contribution in [1.29, 1.82) is 0 Å². The molecule has 3 N–H and O–H groups in total. The number of rotatable bonds is 5. The Morgan fingerprint density at radius 1 is 1.26 bits per heavy atom. The van der Waals surface area contributed by atoms with E-state index in [9.17, 15) is 14.9 Å². The predicted octanol–water partition coefficient (Wildman–Crippen LogP) is 4.23. The zero-order valence-corrected chi connectivity index (χ0v) is 18.3. The summed E-state index contributed by atoms with van der Waals surface area (Å²) in [5.74, 6) is -0.334. The van der Waals surface area contributed by atoms with Crippen LogP contribution in [0.25, 0.3) is 0 Å². The largest absolute Gasteiger partial charge is 0.364 e. The number of nitrogens with zero attached hydrogens (tertiary/aromatic N) is 2. The Balaban J connectivity index is 0.00000166. The lowest BCUT2D eigenvalue weighted by Crippen LogP contribution is -2.36. The van der Waals surface area contributed by atoms with Crippen LogP contribution in [0.5, 0.6) is 0 Å². The Morgan fingerprint density at radius 3 is 2.65 bits per heavy atom. The first-order valence-electron chi connectivity index (χ1n) is 10.5. The van der Waals surface area contributed by atoms with Crippen LogP contribution in [-0.2, 0) is 0 Å². The molecular weight excluding hydrogens is 392 g/mol. The summed E-state index contributed by atoms with van der Waals surface area (Å²) in [4.78, 5) is 25.8. The van der Waals surface area contributed by atoms with E-state index in [2.05, 4.69) is 18.5 Å². The summed E-state index contributed by atoms with van der Waals surface area (Å²) in [7, 11) is 1.59. The van der Waals surface area contributed by atoms with Gasteiger partial charge in [-0.05, 0) is 36.1 Å². The van der Waals surface area contributed by atoms with Gasteiger partial charge in [-0.1, -0.05) is 37.6 Å². The number of carbonyl (C=O) groups excluding carboxylic acids is 1. The van der Waals surface area contributed by atoms with Crippen LogP contribution >= 0.6 is 0 Å². The monoisotopic (exact) mass is 424 g/mol. The first-order chi connectivity index (χ1) is 14.9. The molecule has 0 bridgehead atoms. The lowest BCUT2D eigenvalue weighted by molar-refractivity contribution is -0.384. The van der Waals surface area contributed by atoms with Crippen LogP contribution in [0.4, 0.5) is 11.4 Å². The molecule has 1 aliphatic heterocycles. The van der Waals surface area contributed by atoms with E-state index < -0.39 is 0 Å². The van der Waals surface area contributed by atoms with Crippen molar-refractivity contribution in [3.05, 3.63) is 82.4 Å². The fraction of sp³-hybridized carbons (Fsp3) is 0.375. The van der Waals surface area contributed by atoms with Crippen LogP contribution in [-0.4, -0.2) is 37.0 Å². The number of carbonyl (C=O) groups is 1. The number of nitrogens with one attached hydrogen (secondary N) is 1. The number of benzene rings is 2. The number of amides is 1. The molecule has 0 aromatic heterocycles. The van der Waals surface area contributed by atoms with Crippen molar-refractivity contribution < 1.29 is 9.72 Å². The van der Waals surface area contributed by atoms with Gasteiger partial charge in [0, 0.05) is 43.7 Å². The van der Waals surface area contributed by atoms with Crippen molar-refractivity contribution in [2.45, 2.75) is 38.1 Å². The second-order valence-electron chi connectivity index (χ2n) is 7.60. The molecule has 2 aromatic carbocycles. The third-order valence-electron chi connectivity index (χ3n) is 5.64. The van der Waals surface area contributed by atoms with E-state index in [-0.39, 0.29) is 28.5 Å². The summed E-state index contributed by atoms with van der Waals surface area (Å²) in [6.45, 7) is 9.35. The van der Waals surface area contributed by atoms with E-state index in [0.717, 1.165) is 36.9 Å². The van der Waals surface area contributed by atoms with Gasteiger partial charge in [-0.2, -0.15) is 0 Å². The van der Waals surface area contributed by atoms with Crippen LogP contribution in [0.15, 0.2) is 55.6 Å². The Labute approximate surface area is 184 Å². The first-order valence-corrected chi connectivity index (χ1v) is 10.5. The highest BCUT2D eigenvalue weighted by molar-refractivity contribution is 5.95. The average Bonchev–Trinajstić information content (AvgIpc) is 3.03. The molecule has 1 heterocycles. The molecule has 1 fully saturated rings. The van der Waals surface area contributed by atoms with Crippen molar-refractivity contribution in [3.63, 3.8) is 0 Å². The van der Waals surface area contributed by atoms with E-state index in [4.69, 9.17) is 5.73 Å². The number of hydrogen-bond donors (Lipinski definition) is 2. The van der Waals surface area contributed by atoms with Gasteiger partial charge in [-0.3, -0.25) is 14.9 Å². The summed E-state index contributed by atoms with van der Waals surface area (Å²) < 4.78 is 0. The van der Waals surface area contributed by atoms with Gasteiger partial charge in [0.05, 0.1) is 4.92 Å². The molecular formula is C24H32N4O3. The normalized spacial score (nSPS) is 17.0. The van der Waals surface area contributed by atoms with E-state index >= 15 is 0 Å². The highest BCUT2D eigenvalue weighted by Gasteiger charge is 2.25. The maximum atomic E-state index is 12.2. The van der Waals surface area contributed by atoms with E-state index in [1.54, 1.807) is 19.2 Å². The number of nitro benzene ring substituents is 1. The molecule has 7 heteroatoms. The quantitative estimate of drug-likeness (QED) is 0.425. The summed E-state index contributed by atoms with van der Waals surface area (Å²) in [5.41, 5.74) is 9.07. The molecule has 0 radical (unpaired) electrons. The Hall–Kier alpha value is -3.19. The molecule has 0 saturated carbocycles. The lowest BCUT2D eigenvalue weighted by Gasteiger charge is -2.25. The topological polar surface area (TPSA) is 102 Å². The van der Waals surface area contributed by atoms with Gasteiger partial charge in [0.2, 0.25) is 0 Å². The van der Waals surface area contributed by atoms with Crippen LogP contribution in [0.2, 0.25) is 0 Å². The number of nitro groups is 1. The molecule has 0 spiro atoms. The molecule has 2 atom stereocenters. The molecule has 2 aromatic rings. The Bertz CT molecular complexity index is 915. The van der Waals surface area contributed by atoms with Crippen molar-refractivity contribution in [2.24, 2.45) is 5.73 Å². The number of anilines is 1. The highest BCUT2D eigenvalue weighted by atomic mass is 16.6. The fourth-order valence-electron chi connectivity index (χ4n) is 4.01. The molecule has 2 unspecified atom stereocenters. The second kappa shape index (κ2) is 11.3. The molecule has 7 nitrogen and oxygen atoms in total. The minimum Gasteiger partial charge on any atom is -0.364 e. The van der Waals surface area contributed by atoms with Crippen LogP contribution in [0.3, 0.4) is 0 Å². The van der Waals surface area contributed by atoms with Crippen molar-refractivity contribution in [2.75, 3.05) is 25.0 Å². The molecule has 166 valence electrons. The predicted molar refractivity (Wildman–Crippen MR) is 126 cm³/mol. The van der Waals surface area contributed by atoms with E-state index in [0.29, 0.717) is 17.8 Å². The summed E-state index contributed by atoms with van der Waals surface area (Å²) in [6, 6.07) is 12.8. The van der Waals surface area contributed by atoms with Gasteiger partial charge in [0.15, 0.2) is 0 Å². The molecule has 3 rings (SSSR count). The van der Waals surface area contributed by atoms with Gasteiger partial charge in [-0.25, -0.2) is 0 Å². The standard InChI is InChI=1S/C22H28N4O3.C2H4/c1-15(18-8-3-4-9-19(18)22(27)24-2)16-10-11-20(21(13-16)26(28)29)25-12-6-5-7-17(23)14-25;1-2/h3-4,8-11,13,15,17H,5-7,12,14,23H2,1-2H3,(H,24,27);1-2H2. The van der Waals surface area contributed by atoms with Gasteiger partial charge in [0.25, 0.3) is 11.6 Å². The Morgan fingerprint density at radius 2 is 1.97 bits per heavy atom. The van der Waals surface area contributed by atoms with Gasteiger partial charge < -0.3 is 16.0 Å². The third-order valence-corrected chi connectivity index (χ3v) is 5.64. The van der Waals surface area contributed by atoms with Crippen molar-refractivity contribution in [1.82, 2.24) is 5.32 Å². The van der Waals surface area contributed by atoms with E-state index in [1.807, 2.05) is 42.2 Å². The average molecular weight is 425 g/mol. The summed E-state index contributed by atoms with van der Waals surface area (Å²) in [5, 5.41) is 14.5. The minimum absolute atomic E-state index is 0.0233. The molecule has 0 aliphatic carbocycles. The first kappa shape index (κ1) is 24.1. The van der Waals surface area contributed by atoms with Crippen molar-refractivity contribution in [3.8, 4) is 0 Å². The second-order valence-corrected chi connectivity index (χ2v) is 7.60. The lowest BCUT2D eigenvalue weighted by atomic mass is 9.89. The summed E-state index contributed by atoms with van der Waals surface area (Å²) in [6.07, 6.45) is 2.95. The summed E-state index contributed by atoms with van der Waals surface area (Å²) >= 11 is 0. The zero-order valence-electron chi connectivity index (χ0n) is 18.3. The van der Waals surface area contributed by atoms with E-state index in [1.165, 1.54) is 0 Å². The third kappa shape index (κ3) is 5.70. The SMILES string of the molecule is C=C.CNC(=O)c1ccccc1C(C)c1ccc(N2CCCCC(N)C2)c([N+](=O)[O-])c1. The Kier molecular flexibility index (Phi) is 8.75. The van der Waals surface area contributed by atoms with Crippen LogP contribution in [0, 0.1) is 10.1 Å². The van der Waals surface area contributed by atoms with Crippen LogP contribution < -0.4 is 16.0 Å². The fourth-order valence-corrected chi connectivity index (χ4v) is 4.01. The maximum Gasteiger partial charge on any atom is 0.292 e. The van der Waals surface area contributed by atoms with Crippen LogP contribution in [0.1, 0.15) is 53.6 Å². The minimum atomic E-state index is -0.327. The van der Waals surface area contributed by atoms with Gasteiger partial charge in [0.1, 0.15) is 5.69 Å². The van der Waals surface area contributed by atoms with Gasteiger partial charge >= 0.3 is 0 Å². The molecule has 1 amide bonds. The zero-order chi connectivity index (χ0) is 23.0. The molecule has 1 aliphatic rings. The number of hydrogen-bond acceptors (Lipinski definition) is 5. The van der Waals surface area contributed by atoms with Crippen molar-refractivity contribution >= 4 is 17.3 Å². The highest BCUT2D eigenvalue weighted by Crippen LogP contribution is 2.35. The smallest absolute Gasteiger partial charge is 0.292 e. The number of nitrogens with two attached hydrogens (primary N) is 1.